The zero-order valence-electron chi connectivity index (χ0n) is 15.1. The molecule has 0 aliphatic heterocycles. The van der Waals surface area contributed by atoms with Crippen LogP contribution in [0, 0.1) is 0 Å². The van der Waals surface area contributed by atoms with Crippen molar-refractivity contribution in [2.75, 3.05) is 11.9 Å². The van der Waals surface area contributed by atoms with Crippen molar-refractivity contribution in [3.63, 3.8) is 0 Å². The van der Waals surface area contributed by atoms with E-state index in [-0.39, 0.29) is 29.9 Å². The van der Waals surface area contributed by atoms with E-state index in [9.17, 15) is 4.79 Å². The SMILES string of the molecule is CCCC(=O)Nc1cccc(CN=C(N)NCCc2ccccc2)c1.I. The standard InChI is InChI=1S/C20H26N4O.HI/c1-2-7-19(25)24-18-11-6-10-17(14-18)15-23-20(21)22-13-12-16-8-4-3-5-9-16;/h3-6,8-11,14H,2,7,12-13,15H2,1H3,(H,24,25)(H3,21,22,23);1H. The molecule has 4 N–H and O–H groups in total. The Balaban J connectivity index is 0.00000338. The summed E-state index contributed by atoms with van der Waals surface area (Å²) in [5, 5.41) is 6.01. The first-order chi connectivity index (χ1) is 12.2. The fourth-order valence-corrected chi connectivity index (χ4v) is 2.41. The Morgan fingerprint density at radius 3 is 2.54 bits per heavy atom. The maximum atomic E-state index is 11.7. The molecule has 0 fully saturated rings. The highest BCUT2D eigenvalue weighted by Crippen LogP contribution is 2.12. The predicted molar refractivity (Wildman–Crippen MR) is 119 cm³/mol. The molecule has 0 saturated carbocycles. The van der Waals surface area contributed by atoms with Crippen LogP contribution in [0.3, 0.4) is 0 Å². The van der Waals surface area contributed by atoms with Crippen LogP contribution in [0.15, 0.2) is 59.6 Å². The molecule has 2 aromatic carbocycles. The summed E-state index contributed by atoms with van der Waals surface area (Å²) in [6, 6.07) is 17.9. The van der Waals surface area contributed by atoms with Gasteiger partial charge in [0.2, 0.25) is 5.91 Å². The summed E-state index contributed by atoms with van der Waals surface area (Å²) in [7, 11) is 0. The monoisotopic (exact) mass is 466 g/mol. The number of halogens is 1. The molecule has 0 saturated heterocycles. The third-order valence-electron chi connectivity index (χ3n) is 3.68. The molecule has 1 amide bonds. The zero-order valence-corrected chi connectivity index (χ0v) is 17.4. The van der Waals surface area contributed by atoms with Crippen LogP contribution in [0.5, 0.6) is 0 Å². The topological polar surface area (TPSA) is 79.5 Å². The number of anilines is 1. The lowest BCUT2D eigenvalue weighted by molar-refractivity contribution is -0.116. The van der Waals surface area contributed by atoms with Gasteiger partial charge in [-0.05, 0) is 36.1 Å². The third kappa shape index (κ3) is 8.33. The number of carbonyl (C=O) groups excluding carboxylic acids is 1. The number of nitrogens with two attached hydrogens (primary N) is 1. The van der Waals surface area contributed by atoms with Gasteiger partial charge >= 0.3 is 0 Å². The van der Waals surface area contributed by atoms with Gasteiger partial charge in [-0.3, -0.25) is 4.79 Å². The number of nitrogens with one attached hydrogen (secondary N) is 2. The molecule has 5 nitrogen and oxygen atoms in total. The van der Waals surface area contributed by atoms with Crippen LogP contribution >= 0.6 is 24.0 Å². The summed E-state index contributed by atoms with van der Waals surface area (Å²) in [5.41, 5.74) is 8.97. The summed E-state index contributed by atoms with van der Waals surface area (Å²) in [6.45, 7) is 3.20. The first kappa shape index (κ1) is 22.0. The van der Waals surface area contributed by atoms with Gasteiger partial charge in [0.25, 0.3) is 0 Å². The minimum atomic E-state index is 0. The van der Waals surface area contributed by atoms with Crippen molar-refractivity contribution in [1.29, 1.82) is 0 Å². The van der Waals surface area contributed by atoms with Gasteiger partial charge in [0.1, 0.15) is 0 Å². The Morgan fingerprint density at radius 1 is 1.08 bits per heavy atom. The van der Waals surface area contributed by atoms with E-state index in [0.29, 0.717) is 18.9 Å². The Hall–Kier alpha value is -2.09. The van der Waals surface area contributed by atoms with Crippen molar-refractivity contribution < 1.29 is 4.79 Å². The minimum Gasteiger partial charge on any atom is -0.370 e. The second-order valence-corrected chi connectivity index (χ2v) is 5.86. The highest BCUT2D eigenvalue weighted by Gasteiger charge is 2.01. The van der Waals surface area contributed by atoms with Crippen LogP contribution in [0.25, 0.3) is 0 Å². The number of rotatable bonds is 8. The van der Waals surface area contributed by atoms with Gasteiger partial charge in [-0.15, -0.1) is 24.0 Å². The summed E-state index contributed by atoms with van der Waals surface area (Å²) in [4.78, 5) is 16.0. The summed E-state index contributed by atoms with van der Waals surface area (Å²) in [6.07, 6.45) is 2.26. The average Bonchev–Trinajstić information content (AvgIpc) is 2.61. The molecule has 0 aromatic heterocycles. The molecule has 6 heteroatoms. The molecule has 2 rings (SSSR count). The van der Waals surface area contributed by atoms with Gasteiger partial charge in [0.05, 0.1) is 6.54 Å². The van der Waals surface area contributed by atoms with Crippen molar-refractivity contribution in [1.82, 2.24) is 5.32 Å². The van der Waals surface area contributed by atoms with Crippen LogP contribution in [0.4, 0.5) is 5.69 Å². The Morgan fingerprint density at radius 2 is 1.81 bits per heavy atom. The highest BCUT2D eigenvalue weighted by atomic mass is 127. The highest BCUT2D eigenvalue weighted by molar-refractivity contribution is 14.0. The van der Waals surface area contributed by atoms with Gasteiger partial charge in [-0.2, -0.15) is 0 Å². The van der Waals surface area contributed by atoms with Crippen LogP contribution in [0.1, 0.15) is 30.9 Å². The predicted octanol–water partition coefficient (Wildman–Crippen LogP) is 3.69. The maximum Gasteiger partial charge on any atom is 0.224 e. The molecule has 0 bridgehead atoms. The van der Waals surface area contributed by atoms with E-state index < -0.39 is 0 Å². The molecular formula is C20H27IN4O. The van der Waals surface area contributed by atoms with Gasteiger partial charge in [-0.25, -0.2) is 4.99 Å². The molecule has 0 atom stereocenters. The van der Waals surface area contributed by atoms with E-state index in [1.54, 1.807) is 0 Å². The summed E-state index contributed by atoms with van der Waals surface area (Å²) in [5.74, 6) is 0.460. The van der Waals surface area contributed by atoms with Crippen molar-refractivity contribution in [3.05, 3.63) is 65.7 Å². The van der Waals surface area contributed by atoms with E-state index >= 15 is 0 Å². The van der Waals surface area contributed by atoms with Crippen molar-refractivity contribution in [2.45, 2.75) is 32.7 Å². The molecule has 140 valence electrons. The number of carbonyl (C=O) groups is 1. The second-order valence-electron chi connectivity index (χ2n) is 5.86. The molecule has 0 unspecified atom stereocenters. The largest absolute Gasteiger partial charge is 0.370 e. The lowest BCUT2D eigenvalue weighted by Gasteiger charge is -2.07. The second kappa shape index (κ2) is 12.3. The number of hydrogen-bond acceptors (Lipinski definition) is 2. The van der Waals surface area contributed by atoms with E-state index in [0.717, 1.165) is 30.6 Å². The van der Waals surface area contributed by atoms with Gasteiger partial charge in [0.15, 0.2) is 5.96 Å². The normalized spacial score (nSPS) is 10.7. The van der Waals surface area contributed by atoms with E-state index in [1.165, 1.54) is 5.56 Å². The number of benzene rings is 2. The number of hydrogen-bond donors (Lipinski definition) is 3. The molecule has 26 heavy (non-hydrogen) atoms. The van der Waals surface area contributed by atoms with Crippen LogP contribution < -0.4 is 16.4 Å². The van der Waals surface area contributed by atoms with E-state index in [2.05, 4.69) is 27.8 Å². The molecule has 0 aliphatic carbocycles. The van der Waals surface area contributed by atoms with E-state index in [4.69, 9.17) is 5.73 Å². The summed E-state index contributed by atoms with van der Waals surface area (Å²) < 4.78 is 0. The zero-order chi connectivity index (χ0) is 17.9. The Bertz CT molecular complexity index is 704. The molecule has 0 heterocycles. The first-order valence-corrected chi connectivity index (χ1v) is 8.64. The van der Waals surface area contributed by atoms with Crippen molar-refractivity contribution >= 4 is 41.5 Å². The number of guanidine groups is 1. The molecule has 0 spiro atoms. The first-order valence-electron chi connectivity index (χ1n) is 8.64. The van der Waals surface area contributed by atoms with Crippen molar-refractivity contribution in [2.24, 2.45) is 10.7 Å². The van der Waals surface area contributed by atoms with Gasteiger partial charge in [-0.1, -0.05) is 49.4 Å². The lowest BCUT2D eigenvalue weighted by atomic mass is 10.1. The van der Waals surface area contributed by atoms with Crippen molar-refractivity contribution in [3.8, 4) is 0 Å². The molecule has 0 radical (unpaired) electrons. The van der Waals surface area contributed by atoms with Crippen LogP contribution in [0.2, 0.25) is 0 Å². The van der Waals surface area contributed by atoms with Crippen LogP contribution in [-0.2, 0) is 17.8 Å². The fourth-order valence-electron chi connectivity index (χ4n) is 2.41. The van der Waals surface area contributed by atoms with Crippen LogP contribution in [-0.4, -0.2) is 18.4 Å². The fraction of sp³-hybridized carbons (Fsp3) is 0.300. The molecule has 2 aromatic rings. The molecule has 0 aliphatic rings. The Kier molecular flexibility index (Phi) is 10.4. The quantitative estimate of drug-likeness (QED) is 0.316. The van der Waals surface area contributed by atoms with Gasteiger partial charge < -0.3 is 16.4 Å². The Labute approximate surface area is 172 Å². The average molecular weight is 466 g/mol. The minimum absolute atomic E-state index is 0. The van der Waals surface area contributed by atoms with E-state index in [1.807, 2.05) is 49.4 Å². The third-order valence-corrected chi connectivity index (χ3v) is 3.68. The smallest absolute Gasteiger partial charge is 0.224 e. The summed E-state index contributed by atoms with van der Waals surface area (Å²) >= 11 is 0. The lowest BCUT2D eigenvalue weighted by Crippen LogP contribution is -2.33. The number of amides is 1. The number of aliphatic imine (C=N–C) groups is 1. The maximum absolute atomic E-state index is 11.7. The number of nitrogens with zero attached hydrogens (tertiary/aromatic N) is 1. The van der Waals surface area contributed by atoms with Gasteiger partial charge in [0, 0.05) is 18.7 Å². The molecular weight excluding hydrogens is 439 g/mol.